The van der Waals surface area contributed by atoms with E-state index in [0.717, 1.165) is 5.56 Å². The largest absolute Gasteiger partial charge is 0.368 e. The minimum atomic E-state index is -0.590. The predicted octanol–water partition coefficient (Wildman–Crippen LogP) is 1.48. The quantitative estimate of drug-likeness (QED) is 0.544. The van der Waals surface area contributed by atoms with Crippen molar-refractivity contribution in [1.82, 2.24) is 20.1 Å². The van der Waals surface area contributed by atoms with Gasteiger partial charge < -0.3 is 11.1 Å². The van der Waals surface area contributed by atoms with Crippen LogP contribution < -0.4 is 11.1 Å². The molecule has 0 aliphatic rings. The van der Waals surface area contributed by atoms with Crippen molar-refractivity contribution in [2.24, 2.45) is 5.73 Å². The number of carbonyl (C=O) groups excluding carboxylic acids is 2. The minimum absolute atomic E-state index is 0.100. The maximum absolute atomic E-state index is 11.7. The Morgan fingerprint density at radius 2 is 2.04 bits per heavy atom. The molecule has 0 aliphatic heterocycles. The summed E-state index contributed by atoms with van der Waals surface area (Å²) in [5.41, 5.74) is 5.84. The van der Waals surface area contributed by atoms with Crippen LogP contribution in [0.15, 0.2) is 42.1 Å². The molecule has 0 atom stereocenters. The maximum atomic E-state index is 11.7. The zero-order valence-electron chi connectivity index (χ0n) is 12.7. The van der Waals surface area contributed by atoms with E-state index in [1.54, 1.807) is 18.2 Å². The number of nitrogens with two attached hydrogens (primary N) is 1. The predicted molar refractivity (Wildman–Crippen MR) is 93.6 cm³/mol. The van der Waals surface area contributed by atoms with Gasteiger partial charge in [-0.15, -0.1) is 16.8 Å². The Bertz CT molecular complexity index is 745. The van der Waals surface area contributed by atoms with E-state index in [1.807, 2.05) is 16.7 Å². The van der Waals surface area contributed by atoms with Crippen LogP contribution in [0, 0.1) is 0 Å². The van der Waals surface area contributed by atoms with Crippen LogP contribution in [0.4, 0.5) is 0 Å². The van der Waals surface area contributed by atoms with Crippen molar-refractivity contribution in [2.75, 3.05) is 12.3 Å². The van der Waals surface area contributed by atoms with Crippen molar-refractivity contribution in [1.29, 1.82) is 0 Å². The van der Waals surface area contributed by atoms with Crippen LogP contribution in [-0.4, -0.2) is 38.9 Å². The number of rotatable bonds is 8. The number of hydrogen-bond acceptors (Lipinski definition) is 5. The van der Waals surface area contributed by atoms with E-state index in [2.05, 4.69) is 22.1 Å². The monoisotopic (exact) mass is 365 g/mol. The van der Waals surface area contributed by atoms with E-state index in [-0.39, 0.29) is 18.2 Å². The van der Waals surface area contributed by atoms with Crippen molar-refractivity contribution in [3.63, 3.8) is 0 Å². The van der Waals surface area contributed by atoms with Gasteiger partial charge in [-0.1, -0.05) is 29.4 Å². The third-order valence-corrected chi connectivity index (χ3v) is 4.14. The van der Waals surface area contributed by atoms with Crippen LogP contribution in [0.2, 0.25) is 5.02 Å². The fourth-order valence-electron chi connectivity index (χ4n) is 1.87. The Labute approximate surface area is 148 Å². The van der Waals surface area contributed by atoms with E-state index >= 15 is 0 Å². The summed E-state index contributed by atoms with van der Waals surface area (Å²) >= 11 is 7.12. The number of aromatic nitrogens is 3. The summed E-state index contributed by atoms with van der Waals surface area (Å²) in [7, 11) is 0. The number of primary amides is 1. The highest BCUT2D eigenvalue weighted by atomic mass is 35.5. The highest BCUT2D eigenvalue weighted by Crippen LogP contribution is 2.25. The lowest BCUT2D eigenvalue weighted by Gasteiger charge is -2.08. The Hall–Kier alpha value is -2.32. The molecule has 0 saturated heterocycles. The number of hydrogen-bond donors (Lipinski definition) is 2. The molecule has 0 bridgehead atoms. The average Bonchev–Trinajstić information content (AvgIpc) is 2.95. The van der Waals surface area contributed by atoms with Crippen LogP contribution in [0.1, 0.15) is 0 Å². The minimum Gasteiger partial charge on any atom is -0.368 e. The second kappa shape index (κ2) is 8.51. The number of allylic oxidation sites excluding steroid dienone is 1. The molecule has 0 spiro atoms. The first-order valence-electron chi connectivity index (χ1n) is 6.99. The number of halogens is 1. The van der Waals surface area contributed by atoms with E-state index in [9.17, 15) is 9.59 Å². The van der Waals surface area contributed by atoms with Gasteiger partial charge in [0.25, 0.3) is 0 Å². The number of nitrogens with zero attached hydrogens (tertiary/aromatic N) is 3. The van der Waals surface area contributed by atoms with Gasteiger partial charge in [0.15, 0.2) is 11.0 Å². The van der Waals surface area contributed by atoms with Crippen LogP contribution in [0.5, 0.6) is 0 Å². The molecule has 0 aliphatic carbocycles. The molecule has 2 rings (SSSR count). The molecule has 9 heteroatoms. The first-order valence-corrected chi connectivity index (χ1v) is 8.35. The maximum Gasteiger partial charge on any atom is 0.236 e. The van der Waals surface area contributed by atoms with Gasteiger partial charge in [-0.3, -0.25) is 14.2 Å². The third kappa shape index (κ3) is 4.84. The number of nitrogens with one attached hydrogen (secondary N) is 1. The molecular formula is C15H16ClN5O2S. The molecule has 2 aromatic rings. The van der Waals surface area contributed by atoms with E-state index in [1.165, 1.54) is 11.8 Å². The van der Waals surface area contributed by atoms with Gasteiger partial charge in [-0.05, 0) is 24.3 Å². The number of thioether (sulfide) groups is 1. The molecule has 1 aromatic heterocycles. The lowest BCUT2D eigenvalue weighted by atomic mass is 10.2. The van der Waals surface area contributed by atoms with Gasteiger partial charge >= 0.3 is 0 Å². The molecule has 0 saturated carbocycles. The molecule has 0 unspecified atom stereocenters. The van der Waals surface area contributed by atoms with Gasteiger partial charge in [-0.25, -0.2) is 0 Å². The number of carbonyl (C=O) groups is 2. The van der Waals surface area contributed by atoms with Gasteiger partial charge in [0.2, 0.25) is 11.8 Å². The van der Waals surface area contributed by atoms with Crippen LogP contribution in [0.25, 0.3) is 11.4 Å². The molecule has 1 aromatic carbocycles. The Morgan fingerprint density at radius 1 is 1.33 bits per heavy atom. The summed E-state index contributed by atoms with van der Waals surface area (Å²) in [5, 5.41) is 11.9. The standard InChI is InChI=1S/C15H16ClN5O2S/c1-2-7-21-14(10-3-5-11(16)6-4-10)19-20-15(21)24-9-13(23)18-8-12(17)22/h2-6H,1,7-9H2,(H2,17,22)(H,18,23). The van der Waals surface area contributed by atoms with Crippen LogP contribution in [-0.2, 0) is 16.1 Å². The van der Waals surface area contributed by atoms with Crippen LogP contribution >= 0.6 is 23.4 Å². The van der Waals surface area contributed by atoms with Crippen LogP contribution in [0.3, 0.4) is 0 Å². The van der Waals surface area contributed by atoms with Gasteiger partial charge in [0, 0.05) is 17.1 Å². The van der Waals surface area contributed by atoms with Crippen molar-refractivity contribution in [3.05, 3.63) is 41.9 Å². The van der Waals surface area contributed by atoms with Crippen molar-refractivity contribution < 1.29 is 9.59 Å². The molecule has 126 valence electrons. The number of benzene rings is 1. The zero-order chi connectivity index (χ0) is 17.5. The highest BCUT2D eigenvalue weighted by molar-refractivity contribution is 7.99. The normalized spacial score (nSPS) is 10.4. The highest BCUT2D eigenvalue weighted by Gasteiger charge is 2.15. The summed E-state index contributed by atoms with van der Waals surface area (Å²) in [6.07, 6.45) is 1.72. The lowest BCUT2D eigenvalue weighted by Crippen LogP contribution is -2.34. The van der Waals surface area contributed by atoms with Gasteiger partial charge in [-0.2, -0.15) is 0 Å². The zero-order valence-corrected chi connectivity index (χ0v) is 14.3. The molecular weight excluding hydrogens is 350 g/mol. The van der Waals surface area contributed by atoms with Gasteiger partial charge in [0.1, 0.15) is 0 Å². The summed E-state index contributed by atoms with van der Waals surface area (Å²) in [5.74, 6) is -0.136. The summed E-state index contributed by atoms with van der Waals surface area (Å²) in [4.78, 5) is 22.3. The smallest absolute Gasteiger partial charge is 0.236 e. The molecule has 0 fully saturated rings. The van der Waals surface area contributed by atoms with E-state index < -0.39 is 5.91 Å². The number of amides is 2. The summed E-state index contributed by atoms with van der Waals surface area (Å²) in [6, 6.07) is 7.24. The molecule has 2 amide bonds. The SMILES string of the molecule is C=CCn1c(SCC(=O)NCC(N)=O)nnc1-c1ccc(Cl)cc1. The first kappa shape index (κ1) is 18.0. The third-order valence-electron chi connectivity index (χ3n) is 2.92. The average molecular weight is 366 g/mol. The topological polar surface area (TPSA) is 103 Å². The van der Waals surface area contributed by atoms with Crippen molar-refractivity contribution >= 4 is 35.2 Å². The fraction of sp³-hybridized carbons (Fsp3) is 0.200. The second-order valence-corrected chi connectivity index (χ2v) is 6.12. The molecule has 7 nitrogen and oxygen atoms in total. The Balaban J connectivity index is 2.13. The second-order valence-electron chi connectivity index (χ2n) is 4.74. The molecule has 3 N–H and O–H groups in total. The Morgan fingerprint density at radius 3 is 2.67 bits per heavy atom. The van der Waals surface area contributed by atoms with Gasteiger partial charge in [0.05, 0.1) is 12.3 Å². The summed E-state index contributed by atoms with van der Waals surface area (Å²) in [6.45, 7) is 4.04. The van der Waals surface area contributed by atoms with Crippen molar-refractivity contribution in [2.45, 2.75) is 11.7 Å². The molecule has 1 heterocycles. The van der Waals surface area contributed by atoms with Crippen molar-refractivity contribution in [3.8, 4) is 11.4 Å². The molecule has 0 radical (unpaired) electrons. The fourth-order valence-corrected chi connectivity index (χ4v) is 2.77. The lowest BCUT2D eigenvalue weighted by molar-refractivity contribution is -0.123. The Kier molecular flexibility index (Phi) is 6.39. The van der Waals surface area contributed by atoms with E-state index in [4.69, 9.17) is 17.3 Å². The van der Waals surface area contributed by atoms with E-state index in [0.29, 0.717) is 22.5 Å². The summed E-state index contributed by atoms with van der Waals surface area (Å²) < 4.78 is 1.85. The first-order chi connectivity index (χ1) is 11.5. The molecule has 24 heavy (non-hydrogen) atoms.